The van der Waals surface area contributed by atoms with E-state index < -0.39 is 9.84 Å². The number of benzene rings is 1. The Kier molecular flexibility index (Phi) is 3.47. The van der Waals surface area contributed by atoms with Gasteiger partial charge in [-0.2, -0.15) is 0 Å². The lowest BCUT2D eigenvalue weighted by molar-refractivity contribution is 0.590. The Balaban J connectivity index is 1.95. The molecule has 3 nitrogen and oxygen atoms in total. The van der Waals surface area contributed by atoms with Crippen molar-refractivity contribution >= 4 is 25.8 Å². The summed E-state index contributed by atoms with van der Waals surface area (Å²) in [5, 5.41) is 4.48. The van der Waals surface area contributed by atoms with Crippen LogP contribution in [0, 0.1) is 0 Å². The predicted molar refractivity (Wildman–Crippen MR) is 67.7 cm³/mol. The predicted octanol–water partition coefficient (Wildman–Crippen LogP) is 1.85. The van der Waals surface area contributed by atoms with Crippen molar-refractivity contribution in [3.8, 4) is 0 Å². The summed E-state index contributed by atoms with van der Waals surface area (Å²) in [6.45, 7) is 0.659. The third-order valence-electron chi connectivity index (χ3n) is 2.44. The van der Waals surface area contributed by atoms with Gasteiger partial charge in [0.05, 0.1) is 5.75 Å². The van der Waals surface area contributed by atoms with Crippen LogP contribution in [-0.2, 0) is 16.4 Å². The molecule has 16 heavy (non-hydrogen) atoms. The maximum Gasteiger partial charge on any atom is 0.173 e. The lowest BCUT2D eigenvalue weighted by Gasteiger charge is -2.10. The van der Waals surface area contributed by atoms with E-state index in [1.54, 1.807) is 6.08 Å². The molecule has 5 heteroatoms. The summed E-state index contributed by atoms with van der Waals surface area (Å²) in [4.78, 5) is 0. The molecule has 0 spiro atoms. The summed E-state index contributed by atoms with van der Waals surface area (Å²) in [5.41, 5.74) is 1.13. The van der Waals surface area contributed by atoms with Gasteiger partial charge in [-0.3, -0.25) is 0 Å². The summed E-state index contributed by atoms with van der Waals surface area (Å²) in [6.07, 6.45) is 1.70. The summed E-state index contributed by atoms with van der Waals surface area (Å²) in [7, 11) is -2.96. The zero-order chi connectivity index (χ0) is 11.6. The van der Waals surface area contributed by atoms with Crippen molar-refractivity contribution in [3.05, 3.63) is 45.8 Å². The van der Waals surface area contributed by atoms with Gasteiger partial charge >= 0.3 is 0 Å². The molecule has 1 heterocycles. The number of halogens is 1. The van der Waals surface area contributed by atoms with Crippen molar-refractivity contribution in [1.82, 2.24) is 5.32 Å². The molecule has 1 aliphatic heterocycles. The van der Waals surface area contributed by atoms with E-state index in [0.717, 1.165) is 10.0 Å². The normalized spacial score (nSPS) is 22.4. The highest BCUT2D eigenvalue weighted by Crippen LogP contribution is 2.16. The highest BCUT2D eigenvalue weighted by atomic mass is 79.9. The van der Waals surface area contributed by atoms with E-state index in [0.29, 0.717) is 6.54 Å². The Morgan fingerprint density at radius 3 is 2.75 bits per heavy atom. The van der Waals surface area contributed by atoms with Gasteiger partial charge in [-0.05, 0) is 11.6 Å². The molecule has 1 atom stereocenters. The third-order valence-corrected chi connectivity index (χ3v) is 4.61. The van der Waals surface area contributed by atoms with E-state index in [9.17, 15) is 8.42 Å². The van der Waals surface area contributed by atoms with E-state index in [4.69, 9.17) is 0 Å². The van der Waals surface area contributed by atoms with Gasteiger partial charge in [-0.25, -0.2) is 8.42 Å². The minimum absolute atomic E-state index is 0.0721. The largest absolute Gasteiger partial charge is 0.305 e. The molecule has 1 unspecified atom stereocenters. The highest BCUT2D eigenvalue weighted by molar-refractivity contribution is 9.10. The minimum Gasteiger partial charge on any atom is -0.305 e. The SMILES string of the molecule is O=S1(=O)C=CC(NCc2ccccc2Br)C1. The quantitative estimate of drug-likeness (QED) is 0.927. The molecule has 2 rings (SSSR count). The van der Waals surface area contributed by atoms with Gasteiger partial charge < -0.3 is 5.32 Å². The van der Waals surface area contributed by atoms with Crippen LogP contribution in [0.3, 0.4) is 0 Å². The molecule has 0 fully saturated rings. The average molecular weight is 302 g/mol. The van der Waals surface area contributed by atoms with E-state index in [2.05, 4.69) is 21.2 Å². The Morgan fingerprint density at radius 1 is 1.38 bits per heavy atom. The molecule has 0 aromatic heterocycles. The third kappa shape index (κ3) is 2.93. The fourth-order valence-electron chi connectivity index (χ4n) is 1.59. The first-order valence-corrected chi connectivity index (χ1v) is 7.45. The zero-order valence-corrected chi connectivity index (χ0v) is 11.0. The molecule has 1 aromatic carbocycles. The van der Waals surface area contributed by atoms with Crippen molar-refractivity contribution in [2.45, 2.75) is 12.6 Å². The van der Waals surface area contributed by atoms with Gasteiger partial charge in [-0.1, -0.05) is 40.2 Å². The number of hydrogen-bond acceptors (Lipinski definition) is 3. The molecule has 0 saturated carbocycles. The van der Waals surface area contributed by atoms with Gasteiger partial charge in [0.1, 0.15) is 0 Å². The van der Waals surface area contributed by atoms with Gasteiger partial charge in [0.15, 0.2) is 9.84 Å². The van der Waals surface area contributed by atoms with Crippen LogP contribution < -0.4 is 5.32 Å². The van der Waals surface area contributed by atoms with Crippen LogP contribution in [0.1, 0.15) is 5.56 Å². The molecule has 0 radical (unpaired) electrons. The van der Waals surface area contributed by atoms with Crippen molar-refractivity contribution in [3.63, 3.8) is 0 Å². The maximum atomic E-state index is 11.2. The number of nitrogens with one attached hydrogen (secondary N) is 1. The fraction of sp³-hybridized carbons (Fsp3) is 0.273. The van der Waals surface area contributed by atoms with E-state index in [1.165, 1.54) is 5.41 Å². The lowest BCUT2D eigenvalue weighted by atomic mass is 10.2. The van der Waals surface area contributed by atoms with Crippen LogP contribution in [-0.4, -0.2) is 20.2 Å². The first-order chi connectivity index (χ1) is 7.57. The van der Waals surface area contributed by atoms with Crippen LogP contribution in [0.2, 0.25) is 0 Å². The average Bonchev–Trinajstić information content (AvgIpc) is 2.57. The molecule has 0 saturated heterocycles. The van der Waals surface area contributed by atoms with Gasteiger partial charge in [-0.15, -0.1) is 0 Å². The summed E-state index contributed by atoms with van der Waals surface area (Å²) < 4.78 is 23.4. The monoisotopic (exact) mass is 301 g/mol. The smallest absolute Gasteiger partial charge is 0.173 e. The molecule has 1 aliphatic rings. The number of rotatable bonds is 3. The molecule has 0 aliphatic carbocycles. The Bertz CT molecular complexity index is 510. The van der Waals surface area contributed by atoms with Crippen molar-refractivity contribution in [2.24, 2.45) is 0 Å². The Hall–Kier alpha value is -0.650. The van der Waals surface area contributed by atoms with E-state index >= 15 is 0 Å². The second-order valence-electron chi connectivity index (χ2n) is 3.74. The van der Waals surface area contributed by atoms with Crippen molar-refractivity contribution < 1.29 is 8.42 Å². The van der Waals surface area contributed by atoms with Crippen LogP contribution >= 0.6 is 15.9 Å². The number of sulfone groups is 1. The Morgan fingerprint density at radius 2 is 2.12 bits per heavy atom. The van der Waals surface area contributed by atoms with Gasteiger partial charge in [0, 0.05) is 22.5 Å². The highest BCUT2D eigenvalue weighted by Gasteiger charge is 2.20. The molecule has 86 valence electrons. The summed E-state index contributed by atoms with van der Waals surface area (Å²) in [5.74, 6) is 0.164. The van der Waals surface area contributed by atoms with E-state index in [-0.39, 0.29) is 11.8 Å². The van der Waals surface area contributed by atoms with Crippen molar-refractivity contribution in [2.75, 3.05) is 5.75 Å². The lowest BCUT2D eigenvalue weighted by Crippen LogP contribution is -2.29. The van der Waals surface area contributed by atoms with Gasteiger partial charge in [0.25, 0.3) is 0 Å². The fourth-order valence-corrected chi connectivity index (χ4v) is 3.28. The van der Waals surface area contributed by atoms with Crippen molar-refractivity contribution in [1.29, 1.82) is 0 Å². The summed E-state index contributed by atoms with van der Waals surface area (Å²) in [6, 6.07) is 7.82. The Labute approximate surface area is 104 Å². The zero-order valence-electron chi connectivity index (χ0n) is 8.56. The first kappa shape index (κ1) is 11.8. The molecule has 1 N–H and O–H groups in total. The van der Waals surface area contributed by atoms with Gasteiger partial charge in [0.2, 0.25) is 0 Å². The first-order valence-electron chi connectivity index (χ1n) is 4.94. The van der Waals surface area contributed by atoms with Crippen LogP contribution in [0.15, 0.2) is 40.2 Å². The van der Waals surface area contributed by atoms with Crippen LogP contribution in [0.5, 0.6) is 0 Å². The standard InChI is InChI=1S/C11H12BrNO2S/c12-11-4-2-1-3-9(11)7-13-10-5-6-16(14,15)8-10/h1-6,10,13H,7-8H2. The molecular formula is C11H12BrNO2S. The maximum absolute atomic E-state index is 11.2. The van der Waals surface area contributed by atoms with E-state index in [1.807, 2.05) is 24.3 Å². The topological polar surface area (TPSA) is 46.2 Å². The second-order valence-corrected chi connectivity index (χ2v) is 6.52. The van der Waals surface area contributed by atoms with Crippen LogP contribution in [0.4, 0.5) is 0 Å². The molecule has 0 bridgehead atoms. The molecule has 1 aromatic rings. The number of hydrogen-bond donors (Lipinski definition) is 1. The second kappa shape index (κ2) is 4.69. The van der Waals surface area contributed by atoms with Crippen LogP contribution in [0.25, 0.3) is 0 Å². The summed E-state index contributed by atoms with van der Waals surface area (Å²) >= 11 is 3.45. The molecule has 0 amide bonds. The minimum atomic E-state index is -2.96. The molecular weight excluding hydrogens is 290 g/mol.